The van der Waals surface area contributed by atoms with E-state index in [1.165, 1.54) is 11.0 Å². The van der Waals surface area contributed by atoms with Crippen LogP contribution in [0.25, 0.3) is 0 Å². The zero-order chi connectivity index (χ0) is 21.5. The van der Waals surface area contributed by atoms with Gasteiger partial charge in [-0.2, -0.15) is 0 Å². The Morgan fingerprint density at radius 2 is 1.73 bits per heavy atom. The van der Waals surface area contributed by atoms with Gasteiger partial charge < -0.3 is 10.2 Å². The molecule has 0 spiro atoms. The summed E-state index contributed by atoms with van der Waals surface area (Å²) in [5, 5.41) is 23.6. The number of amides is 2. The summed E-state index contributed by atoms with van der Waals surface area (Å²) in [7, 11) is 0. The van der Waals surface area contributed by atoms with Crippen molar-refractivity contribution in [3.8, 4) is 5.75 Å². The van der Waals surface area contributed by atoms with Crippen molar-refractivity contribution in [1.29, 1.82) is 0 Å². The van der Waals surface area contributed by atoms with Gasteiger partial charge in [-0.1, -0.05) is 61.9 Å². The minimum Gasteiger partial charge on any atom is -0.508 e. The van der Waals surface area contributed by atoms with Crippen molar-refractivity contribution in [2.75, 3.05) is 0 Å². The van der Waals surface area contributed by atoms with E-state index in [9.17, 15) is 24.6 Å². The molecule has 2 aromatic carbocycles. The van der Waals surface area contributed by atoms with Crippen molar-refractivity contribution in [3.63, 3.8) is 0 Å². The van der Waals surface area contributed by atoms with Gasteiger partial charge in [-0.25, -0.2) is 0 Å². The van der Waals surface area contributed by atoms with E-state index in [0.29, 0.717) is 12.0 Å². The molecule has 2 saturated heterocycles. The fourth-order valence-corrected chi connectivity index (χ4v) is 4.93. The van der Waals surface area contributed by atoms with Crippen LogP contribution in [0.4, 0.5) is 0 Å². The molecule has 0 radical (unpaired) electrons. The van der Waals surface area contributed by atoms with E-state index >= 15 is 0 Å². The second kappa shape index (κ2) is 7.57. The quantitative estimate of drug-likeness (QED) is 0.634. The number of phenols is 1. The van der Waals surface area contributed by atoms with Gasteiger partial charge in [0.05, 0.1) is 18.4 Å². The summed E-state index contributed by atoms with van der Waals surface area (Å²) in [6, 6.07) is 14.9. The number of nitrogens with zero attached hydrogens (tertiary/aromatic N) is 1. The van der Waals surface area contributed by atoms with Crippen molar-refractivity contribution in [1.82, 2.24) is 10.2 Å². The van der Waals surface area contributed by atoms with Crippen LogP contribution in [0.5, 0.6) is 5.75 Å². The number of fused-ring (bicyclic) bond motifs is 1. The number of para-hydroxylation sites is 1. The average Bonchev–Trinajstić information content (AvgIpc) is 3.20. The third-order valence-corrected chi connectivity index (χ3v) is 6.23. The third kappa shape index (κ3) is 2.97. The van der Waals surface area contributed by atoms with E-state index < -0.39 is 41.2 Å². The van der Waals surface area contributed by atoms with Gasteiger partial charge in [0.1, 0.15) is 11.3 Å². The fourth-order valence-electron chi connectivity index (χ4n) is 4.93. The van der Waals surface area contributed by atoms with Gasteiger partial charge >= 0.3 is 5.97 Å². The molecule has 0 saturated carbocycles. The number of hydrogen-bond acceptors (Lipinski definition) is 5. The molecule has 4 atom stereocenters. The molecule has 3 N–H and O–H groups in total. The lowest BCUT2D eigenvalue weighted by Crippen LogP contribution is -2.55. The molecule has 7 nitrogen and oxygen atoms in total. The van der Waals surface area contributed by atoms with E-state index in [-0.39, 0.29) is 18.7 Å². The molecule has 0 bridgehead atoms. The first-order chi connectivity index (χ1) is 14.4. The van der Waals surface area contributed by atoms with Gasteiger partial charge in [0.2, 0.25) is 11.8 Å². The highest BCUT2D eigenvalue weighted by molar-refractivity contribution is 6.09. The summed E-state index contributed by atoms with van der Waals surface area (Å²) >= 11 is 0. The maximum Gasteiger partial charge on any atom is 0.324 e. The van der Waals surface area contributed by atoms with Crippen molar-refractivity contribution in [2.45, 2.75) is 37.9 Å². The lowest BCUT2D eigenvalue weighted by Gasteiger charge is -2.31. The highest BCUT2D eigenvalue weighted by Crippen LogP contribution is 2.51. The van der Waals surface area contributed by atoms with Crippen LogP contribution < -0.4 is 5.32 Å². The van der Waals surface area contributed by atoms with Gasteiger partial charge in [0.25, 0.3) is 0 Å². The minimum absolute atomic E-state index is 0.0341. The molecule has 2 amide bonds. The van der Waals surface area contributed by atoms with E-state index in [1.54, 1.807) is 18.2 Å². The molecule has 2 fully saturated rings. The number of imide groups is 1. The lowest BCUT2D eigenvalue weighted by atomic mass is 9.77. The molecule has 4 rings (SSSR count). The van der Waals surface area contributed by atoms with Crippen LogP contribution in [0.2, 0.25) is 0 Å². The molecule has 2 aromatic rings. The largest absolute Gasteiger partial charge is 0.508 e. The zero-order valence-electron chi connectivity index (χ0n) is 16.6. The SMILES string of the molecule is CCC[C@]1(C(=O)O)N[C@H](c2ccccc2O)[C@H]2C(=O)N(Cc3ccccc3)C(=O)[C@@H]21. The van der Waals surface area contributed by atoms with E-state index in [2.05, 4.69) is 5.32 Å². The molecule has 7 heteroatoms. The first-order valence-corrected chi connectivity index (χ1v) is 10.1. The Balaban J connectivity index is 1.80. The third-order valence-electron chi connectivity index (χ3n) is 6.23. The molecular formula is C23H24N2O5. The number of benzene rings is 2. The second-order valence-electron chi connectivity index (χ2n) is 7.96. The van der Waals surface area contributed by atoms with E-state index in [1.807, 2.05) is 37.3 Å². The first kappa shape index (κ1) is 20.1. The van der Waals surface area contributed by atoms with Gasteiger partial charge in [0.15, 0.2) is 0 Å². The van der Waals surface area contributed by atoms with Crippen LogP contribution in [0.3, 0.4) is 0 Å². The van der Waals surface area contributed by atoms with Crippen LogP contribution in [-0.2, 0) is 20.9 Å². The number of carboxylic acid groups (broad SMARTS) is 1. The number of carbonyl (C=O) groups excluding carboxylic acids is 2. The standard InChI is InChI=1S/C23H24N2O5/c1-2-12-23(22(29)30)18-17(19(24-23)15-10-6-7-11-16(15)26)20(27)25(21(18)28)13-14-8-4-3-5-9-14/h3-11,17-19,24,26H,2,12-13H2,1H3,(H,29,30)/t17-,18+,19+,23-/m0/s1. The van der Waals surface area contributed by atoms with Crippen LogP contribution in [-0.4, -0.2) is 38.4 Å². The number of hydrogen-bond donors (Lipinski definition) is 3. The number of carbonyl (C=O) groups is 3. The summed E-state index contributed by atoms with van der Waals surface area (Å²) < 4.78 is 0. The van der Waals surface area contributed by atoms with Crippen LogP contribution >= 0.6 is 0 Å². The van der Waals surface area contributed by atoms with Crippen molar-refractivity contribution in [2.24, 2.45) is 11.8 Å². The average molecular weight is 408 g/mol. The summed E-state index contributed by atoms with van der Waals surface area (Å²) in [4.78, 5) is 40.4. The van der Waals surface area contributed by atoms with Crippen molar-refractivity contribution in [3.05, 3.63) is 65.7 Å². The summed E-state index contributed by atoms with van der Waals surface area (Å²) in [6.45, 7) is 1.94. The van der Waals surface area contributed by atoms with E-state index in [4.69, 9.17) is 0 Å². The second-order valence-corrected chi connectivity index (χ2v) is 7.96. The minimum atomic E-state index is -1.56. The van der Waals surface area contributed by atoms with Gasteiger partial charge in [-0.3, -0.25) is 24.6 Å². The molecule has 30 heavy (non-hydrogen) atoms. The summed E-state index contributed by atoms with van der Waals surface area (Å²) in [5.74, 6) is -4.00. The van der Waals surface area contributed by atoms with Gasteiger partial charge in [0, 0.05) is 11.6 Å². The first-order valence-electron chi connectivity index (χ1n) is 10.1. The molecular weight excluding hydrogens is 384 g/mol. The maximum atomic E-state index is 13.4. The Bertz CT molecular complexity index is 992. The Hall–Kier alpha value is -3.19. The van der Waals surface area contributed by atoms with E-state index in [0.717, 1.165) is 5.56 Å². The number of phenolic OH excluding ortho intramolecular Hbond substituents is 1. The Morgan fingerprint density at radius 1 is 1.07 bits per heavy atom. The predicted molar refractivity (Wildman–Crippen MR) is 108 cm³/mol. The number of rotatable bonds is 6. The van der Waals surface area contributed by atoms with Gasteiger partial charge in [-0.15, -0.1) is 0 Å². The number of carboxylic acids is 1. The van der Waals surface area contributed by atoms with Crippen LogP contribution in [0, 0.1) is 11.8 Å². The monoisotopic (exact) mass is 408 g/mol. The lowest BCUT2D eigenvalue weighted by molar-refractivity contribution is -0.152. The smallest absolute Gasteiger partial charge is 0.324 e. The Labute approximate surface area is 174 Å². The summed E-state index contributed by atoms with van der Waals surface area (Å²) in [5.41, 5.74) is -0.345. The number of aliphatic carboxylic acids is 1. The van der Waals surface area contributed by atoms with Gasteiger partial charge in [-0.05, 0) is 18.1 Å². The number of likely N-dealkylation sites (tertiary alicyclic amines) is 1. The molecule has 0 aliphatic carbocycles. The molecule has 2 aliphatic rings. The molecule has 0 unspecified atom stereocenters. The van der Waals surface area contributed by atoms with Crippen LogP contribution in [0.15, 0.2) is 54.6 Å². The maximum absolute atomic E-state index is 13.4. The molecule has 0 aromatic heterocycles. The predicted octanol–water partition coefficient (Wildman–Crippen LogP) is 2.46. The van der Waals surface area contributed by atoms with Crippen molar-refractivity contribution >= 4 is 17.8 Å². The Kier molecular flexibility index (Phi) is 5.07. The highest BCUT2D eigenvalue weighted by atomic mass is 16.4. The number of nitrogens with one attached hydrogen (secondary N) is 1. The zero-order valence-corrected chi connectivity index (χ0v) is 16.6. The molecule has 2 aliphatic heterocycles. The number of aromatic hydroxyl groups is 1. The van der Waals surface area contributed by atoms with Crippen molar-refractivity contribution < 1.29 is 24.6 Å². The van der Waals surface area contributed by atoms with Crippen LogP contribution in [0.1, 0.15) is 36.9 Å². The molecule has 2 heterocycles. The highest BCUT2D eigenvalue weighted by Gasteiger charge is 2.68. The molecule has 156 valence electrons. The topological polar surface area (TPSA) is 107 Å². The Morgan fingerprint density at radius 3 is 2.37 bits per heavy atom. The fraction of sp³-hybridized carbons (Fsp3) is 0.348. The summed E-state index contributed by atoms with van der Waals surface area (Å²) in [6.07, 6.45) is 0.724. The normalized spacial score (nSPS) is 28.0.